The molecule has 0 aromatic carbocycles. The molecular weight excluding hydrogens is 206 g/mol. The van der Waals surface area contributed by atoms with Crippen molar-refractivity contribution < 1.29 is 5.11 Å². The lowest BCUT2D eigenvalue weighted by Crippen LogP contribution is -2.30. The first-order chi connectivity index (χ1) is 5.86. The van der Waals surface area contributed by atoms with E-state index in [1.165, 1.54) is 5.56 Å². The molecule has 4 heteroatoms. The average molecular weight is 222 g/mol. The van der Waals surface area contributed by atoms with Gasteiger partial charge in [0.1, 0.15) is 0 Å². The number of halogens is 1. The summed E-state index contributed by atoms with van der Waals surface area (Å²) >= 11 is 1.70. The smallest absolute Gasteiger partial charge is 0.0584 e. The van der Waals surface area contributed by atoms with Gasteiger partial charge >= 0.3 is 0 Å². The van der Waals surface area contributed by atoms with Crippen molar-refractivity contribution in [3.8, 4) is 0 Å². The molecule has 0 saturated carbocycles. The Morgan fingerprint density at radius 2 is 2.38 bits per heavy atom. The van der Waals surface area contributed by atoms with Gasteiger partial charge in [0.15, 0.2) is 0 Å². The number of hydrogen-bond donors (Lipinski definition) is 2. The predicted octanol–water partition coefficient (Wildman–Crippen LogP) is 2.03. The number of rotatable bonds is 5. The zero-order valence-electron chi connectivity index (χ0n) is 7.69. The van der Waals surface area contributed by atoms with Crippen molar-refractivity contribution in [1.29, 1.82) is 0 Å². The third kappa shape index (κ3) is 4.62. The molecule has 76 valence electrons. The monoisotopic (exact) mass is 221 g/mol. The van der Waals surface area contributed by atoms with Crippen LogP contribution in [0.3, 0.4) is 0 Å². The standard InChI is InChI=1S/C9H15NOS.ClH/c1-2-9(6-11)10-5-8-3-4-12-7-8;/h3-4,7,9-11H,2,5-6H2,1H3;1H. The molecular formula is C9H16ClNOS. The summed E-state index contributed by atoms with van der Waals surface area (Å²) in [6.45, 7) is 3.16. The van der Waals surface area contributed by atoms with Crippen LogP contribution in [-0.4, -0.2) is 17.8 Å². The highest BCUT2D eigenvalue weighted by Crippen LogP contribution is 2.05. The minimum absolute atomic E-state index is 0. The first-order valence-corrected chi connectivity index (χ1v) is 5.16. The van der Waals surface area contributed by atoms with E-state index < -0.39 is 0 Å². The molecule has 1 atom stereocenters. The second kappa shape index (κ2) is 7.33. The molecule has 0 amide bonds. The summed E-state index contributed by atoms with van der Waals surface area (Å²) in [6, 6.07) is 2.34. The molecule has 1 aromatic heterocycles. The Morgan fingerprint density at radius 1 is 1.62 bits per heavy atom. The SMILES string of the molecule is CCC(CO)NCc1ccsc1.Cl. The molecule has 0 aliphatic carbocycles. The van der Waals surface area contributed by atoms with Crippen LogP contribution < -0.4 is 5.32 Å². The van der Waals surface area contributed by atoms with Crippen LogP contribution in [0, 0.1) is 0 Å². The number of hydrogen-bond acceptors (Lipinski definition) is 3. The number of thiophene rings is 1. The van der Waals surface area contributed by atoms with Gasteiger partial charge in [-0.25, -0.2) is 0 Å². The fourth-order valence-electron chi connectivity index (χ4n) is 0.993. The number of aliphatic hydroxyl groups is 1. The molecule has 0 bridgehead atoms. The summed E-state index contributed by atoms with van der Waals surface area (Å²) in [7, 11) is 0. The molecule has 2 N–H and O–H groups in total. The maximum absolute atomic E-state index is 8.89. The Morgan fingerprint density at radius 3 is 2.85 bits per heavy atom. The molecule has 1 heterocycles. The highest BCUT2D eigenvalue weighted by molar-refractivity contribution is 7.07. The summed E-state index contributed by atoms with van der Waals surface area (Å²) in [4.78, 5) is 0. The van der Waals surface area contributed by atoms with Crippen molar-refractivity contribution in [1.82, 2.24) is 5.32 Å². The lowest BCUT2D eigenvalue weighted by Gasteiger charge is -2.12. The molecule has 0 saturated heterocycles. The Kier molecular flexibility index (Phi) is 7.28. The van der Waals surface area contributed by atoms with E-state index in [0.717, 1.165) is 13.0 Å². The van der Waals surface area contributed by atoms with Gasteiger partial charge in [0.2, 0.25) is 0 Å². The lowest BCUT2D eigenvalue weighted by atomic mass is 10.2. The second-order valence-corrected chi connectivity index (χ2v) is 3.58. The van der Waals surface area contributed by atoms with Crippen LogP contribution in [0.4, 0.5) is 0 Å². The quantitative estimate of drug-likeness (QED) is 0.798. The van der Waals surface area contributed by atoms with E-state index in [-0.39, 0.29) is 25.1 Å². The van der Waals surface area contributed by atoms with Crippen LogP contribution in [0.25, 0.3) is 0 Å². The zero-order chi connectivity index (χ0) is 8.81. The molecule has 1 rings (SSSR count). The fourth-order valence-corrected chi connectivity index (χ4v) is 1.66. The summed E-state index contributed by atoms with van der Waals surface area (Å²) in [5.74, 6) is 0. The van der Waals surface area contributed by atoms with Gasteiger partial charge in [-0.1, -0.05) is 6.92 Å². The number of nitrogens with one attached hydrogen (secondary N) is 1. The van der Waals surface area contributed by atoms with Crippen LogP contribution in [0.5, 0.6) is 0 Å². The van der Waals surface area contributed by atoms with Crippen molar-refractivity contribution in [3.05, 3.63) is 22.4 Å². The topological polar surface area (TPSA) is 32.3 Å². The van der Waals surface area contributed by atoms with Gasteiger partial charge in [-0.3, -0.25) is 0 Å². The van der Waals surface area contributed by atoms with Gasteiger partial charge in [0.25, 0.3) is 0 Å². The Labute approximate surface area is 89.4 Å². The molecule has 1 unspecified atom stereocenters. The van der Waals surface area contributed by atoms with E-state index in [1.54, 1.807) is 11.3 Å². The van der Waals surface area contributed by atoms with E-state index in [0.29, 0.717) is 0 Å². The van der Waals surface area contributed by atoms with Gasteiger partial charge in [-0.2, -0.15) is 11.3 Å². The summed E-state index contributed by atoms with van der Waals surface area (Å²) < 4.78 is 0. The van der Waals surface area contributed by atoms with E-state index in [9.17, 15) is 0 Å². The summed E-state index contributed by atoms with van der Waals surface area (Å²) in [6.07, 6.45) is 0.973. The largest absolute Gasteiger partial charge is 0.395 e. The maximum Gasteiger partial charge on any atom is 0.0584 e. The molecule has 13 heavy (non-hydrogen) atoms. The first kappa shape index (κ1) is 12.9. The van der Waals surface area contributed by atoms with Gasteiger partial charge in [0, 0.05) is 12.6 Å². The van der Waals surface area contributed by atoms with E-state index in [2.05, 4.69) is 29.1 Å². The zero-order valence-corrected chi connectivity index (χ0v) is 9.33. The molecule has 0 fully saturated rings. The van der Waals surface area contributed by atoms with E-state index in [4.69, 9.17) is 5.11 Å². The Bertz CT molecular complexity index is 199. The van der Waals surface area contributed by atoms with E-state index in [1.807, 2.05) is 0 Å². The predicted molar refractivity (Wildman–Crippen MR) is 59.6 cm³/mol. The van der Waals surface area contributed by atoms with Gasteiger partial charge in [-0.05, 0) is 28.8 Å². The summed E-state index contributed by atoms with van der Waals surface area (Å²) in [5, 5.41) is 16.4. The van der Waals surface area contributed by atoms with Crippen LogP contribution in [0.1, 0.15) is 18.9 Å². The number of aliphatic hydroxyl groups excluding tert-OH is 1. The minimum atomic E-state index is 0. The normalized spacial score (nSPS) is 12.2. The van der Waals surface area contributed by atoms with Crippen molar-refractivity contribution in [2.45, 2.75) is 25.9 Å². The molecule has 0 radical (unpaired) electrons. The fraction of sp³-hybridized carbons (Fsp3) is 0.556. The van der Waals surface area contributed by atoms with Crippen molar-refractivity contribution in [2.24, 2.45) is 0 Å². The molecule has 2 nitrogen and oxygen atoms in total. The molecule has 0 spiro atoms. The van der Waals surface area contributed by atoms with Crippen molar-refractivity contribution in [3.63, 3.8) is 0 Å². The minimum Gasteiger partial charge on any atom is -0.395 e. The summed E-state index contributed by atoms with van der Waals surface area (Å²) in [5.41, 5.74) is 1.30. The van der Waals surface area contributed by atoms with Crippen LogP contribution in [0.2, 0.25) is 0 Å². The molecule has 0 aliphatic heterocycles. The molecule has 1 aromatic rings. The van der Waals surface area contributed by atoms with Crippen LogP contribution in [0.15, 0.2) is 16.8 Å². The maximum atomic E-state index is 8.89. The van der Waals surface area contributed by atoms with Crippen molar-refractivity contribution in [2.75, 3.05) is 6.61 Å². The van der Waals surface area contributed by atoms with E-state index >= 15 is 0 Å². The first-order valence-electron chi connectivity index (χ1n) is 4.22. The van der Waals surface area contributed by atoms with Crippen LogP contribution >= 0.6 is 23.7 Å². The third-order valence-corrected chi connectivity index (χ3v) is 2.62. The highest BCUT2D eigenvalue weighted by atomic mass is 35.5. The van der Waals surface area contributed by atoms with Crippen molar-refractivity contribution >= 4 is 23.7 Å². The molecule has 0 aliphatic rings. The van der Waals surface area contributed by atoms with Crippen LogP contribution in [-0.2, 0) is 6.54 Å². The second-order valence-electron chi connectivity index (χ2n) is 2.80. The Balaban J connectivity index is 0.00000144. The van der Waals surface area contributed by atoms with Gasteiger partial charge in [-0.15, -0.1) is 12.4 Å². The highest BCUT2D eigenvalue weighted by Gasteiger charge is 2.02. The van der Waals surface area contributed by atoms with Gasteiger partial charge in [0.05, 0.1) is 6.61 Å². The lowest BCUT2D eigenvalue weighted by molar-refractivity contribution is 0.238. The Hall–Kier alpha value is -0.0900. The average Bonchev–Trinajstić information content (AvgIpc) is 2.59. The van der Waals surface area contributed by atoms with Gasteiger partial charge < -0.3 is 10.4 Å². The third-order valence-electron chi connectivity index (χ3n) is 1.89.